The number of carboxylic acids is 1. The molecule has 1 aromatic carbocycles. The predicted molar refractivity (Wildman–Crippen MR) is 67.1 cm³/mol. The highest BCUT2D eigenvalue weighted by Crippen LogP contribution is 2.29. The Labute approximate surface area is 110 Å². The first-order valence-corrected chi connectivity index (χ1v) is 5.10. The third-order valence-corrected chi connectivity index (χ3v) is 1.87. The number of carbonyl (C=O) groups is 3. The van der Waals surface area contributed by atoms with Gasteiger partial charge in [0, 0.05) is 13.8 Å². The number of hydrogen-bond donors (Lipinski definition) is 1. The third-order valence-electron chi connectivity index (χ3n) is 1.87. The van der Waals surface area contributed by atoms with Gasteiger partial charge >= 0.3 is 17.9 Å². The van der Waals surface area contributed by atoms with Crippen molar-refractivity contribution in [3.63, 3.8) is 0 Å². The van der Waals surface area contributed by atoms with Gasteiger partial charge in [0.15, 0.2) is 11.5 Å². The van der Waals surface area contributed by atoms with Crippen molar-refractivity contribution in [2.24, 2.45) is 0 Å². The smallest absolute Gasteiger partial charge is 0.308 e. The van der Waals surface area contributed by atoms with Crippen LogP contribution in [0, 0.1) is 0 Å². The Morgan fingerprint density at radius 3 is 2.05 bits per heavy atom. The summed E-state index contributed by atoms with van der Waals surface area (Å²) in [5.41, 5.74) is 0.439. The van der Waals surface area contributed by atoms with Gasteiger partial charge in [-0.25, -0.2) is 0 Å². The summed E-state index contributed by atoms with van der Waals surface area (Å²) in [6, 6.07) is 4.23. The summed E-state index contributed by atoms with van der Waals surface area (Å²) in [5.74, 6) is -2.06. The summed E-state index contributed by atoms with van der Waals surface area (Å²) < 4.78 is 9.70. The molecule has 0 saturated carbocycles. The number of benzene rings is 1. The molecule has 0 aliphatic rings. The lowest BCUT2D eigenvalue weighted by atomic mass is 10.1. The molecule has 0 heterocycles. The summed E-state index contributed by atoms with van der Waals surface area (Å²) in [7, 11) is 0. The largest absolute Gasteiger partial charge is 0.481 e. The van der Waals surface area contributed by atoms with Crippen LogP contribution in [0.25, 0.3) is 0 Å². The van der Waals surface area contributed by atoms with Crippen molar-refractivity contribution in [2.75, 3.05) is 0 Å². The normalized spacial score (nSPS) is 9.16. The average Bonchev–Trinajstić information content (AvgIpc) is 2.19. The molecule has 1 aromatic rings. The SMILES string of the molecule is C.CC(=O)Oc1ccc(CC(=O)O)cc1OC(C)=O. The van der Waals surface area contributed by atoms with E-state index in [1.807, 2.05) is 0 Å². The molecule has 104 valence electrons. The van der Waals surface area contributed by atoms with Crippen LogP contribution in [0.2, 0.25) is 0 Å². The zero-order valence-corrected chi connectivity index (χ0v) is 9.93. The molecule has 0 amide bonds. The summed E-state index contributed by atoms with van der Waals surface area (Å²) >= 11 is 0. The van der Waals surface area contributed by atoms with Crippen LogP contribution in [0.4, 0.5) is 0 Å². The van der Waals surface area contributed by atoms with Crippen molar-refractivity contribution < 1.29 is 29.0 Å². The Morgan fingerprint density at radius 2 is 1.58 bits per heavy atom. The van der Waals surface area contributed by atoms with Crippen molar-refractivity contribution in [3.05, 3.63) is 23.8 Å². The first-order chi connectivity index (χ1) is 8.38. The molecule has 1 rings (SSSR count). The molecule has 0 aliphatic heterocycles. The van der Waals surface area contributed by atoms with Crippen LogP contribution in [0.5, 0.6) is 11.5 Å². The zero-order valence-electron chi connectivity index (χ0n) is 9.93. The number of hydrogen-bond acceptors (Lipinski definition) is 5. The second-order valence-electron chi connectivity index (χ2n) is 3.54. The van der Waals surface area contributed by atoms with E-state index in [1.54, 1.807) is 0 Å². The molecular weight excluding hydrogens is 252 g/mol. The van der Waals surface area contributed by atoms with E-state index < -0.39 is 17.9 Å². The molecular formula is C13H16O6. The number of carbonyl (C=O) groups excluding carboxylic acids is 2. The Kier molecular flexibility index (Phi) is 6.26. The van der Waals surface area contributed by atoms with Gasteiger partial charge in [0.1, 0.15) is 0 Å². The van der Waals surface area contributed by atoms with Crippen molar-refractivity contribution in [1.82, 2.24) is 0 Å². The Morgan fingerprint density at radius 1 is 1.05 bits per heavy atom. The molecule has 0 atom stereocenters. The standard InChI is InChI=1S/C12H12O6.CH4/c1-7(13)17-10-4-3-9(6-12(15)16)5-11(10)18-8(2)14;/h3-5H,6H2,1-2H3,(H,15,16);1H4. The number of rotatable bonds is 4. The van der Waals surface area contributed by atoms with Crippen molar-refractivity contribution >= 4 is 17.9 Å². The van der Waals surface area contributed by atoms with Crippen LogP contribution in [0.1, 0.15) is 26.8 Å². The maximum atomic E-state index is 10.9. The van der Waals surface area contributed by atoms with E-state index in [9.17, 15) is 14.4 Å². The quantitative estimate of drug-likeness (QED) is 0.661. The highest BCUT2D eigenvalue weighted by Gasteiger charge is 2.12. The fourth-order valence-corrected chi connectivity index (χ4v) is 1.31. The fraction of sp³-hybridized carbons (Fsp3) is 0.308. The molecule has 1 N–H and O–H groups in total. The lowest BCUT2D eigenvalue weighted by Gasteiger charge is -2.09. The minimum absolute atomic E-state index is 0. The van der Waals surface area contributed by atoms with Gasteiger partial charge in [-0.15, -0.1) is 0 Å². The lowest BCUT2D eigenvalue weighted by Crippen LogP contribution is -2.08. The Bertz CT molecular complexity index is 492. The van der Waals surface area contributed by atoms with Crippen LogP contribution < -0.4 is 9.47 Å². The van der Waals surface area contributed by atoms with Gasteiger partial charge in [-0.2, -0.15) is 0 Å². The molecule has 6 nitrogen and oxygen atoms in total. The molecule has 0 bridgehead atoms. The number of aliphatic carboxylic acids is 1. The second-order valence-corrected chi connectivity index (χ2v) is 3.54. The molecule has 0 unspecified atom stereocenters. The van der Waals surface area contributed by atoms with Gasteiger partial charge < -0.3 is 14.6 Å². The van der Waals surface area contributed by atoms with Crippen molar-refractivity contribution in [1.29, 1.82) is 0 Å². The summed E-state index contributed by atoms with van der Waals surface area (Å²) in [4.78, 5) is 32.3. The fourth-order valence-electron chi connectivity index (χ4n) is 1.31. The number of esters is 2. The van der Waals surface area contributed by atoms with E-state index in [0.29, 0.717) is 5.56 Å². The zero-order chi connectivity index (χ0) is 13.7. The van der Waals surface area contributed by atoms with Gasteiger partial charge in [-0.3, -0.25) is 14.4 Å². The van der Waals surface area contributed by atoms with Gasteiger partial charge in [-0.05, 0) is 17.7 Å². The van der Waals surface area contributed by atoms with Gasteiger partial charge in [0.2, 0.25) is 0 Å². The van der Waals surface area contributed by atoms with Crippen LogP contribution >= 0.6 is 0 Å². The van der Waals surface area contributed by atoms with E-state index in [1.165, 1.54) is 32.0 Å². The molecule has 19 heavy (non-hydrogen) atoms. The molecule has 6 heteroatoms. The maximum Gasteiger partial charge on any atom is 0.308 e. The monoisotopic (exact) mass is 268 g/mol. The second kappa shape index (κ2) is 7.15. The van der Waals surface area contributed by atoms with Crippen LogP contribution in [-0.4, -0.2) is 23.0 Å². The number of carboxylic acid groups (broad SMARTS) is 1. The third kappa shape index (κ3) is 5.67. The van der Waals surface area contributed by atoms with Crippen LogP contribution in [0.15, 0.2) is 18.2 Å². The molecule has 0 spiro atoms. The van der Waals surface area contributed by atoms with Gasteiger partial charge in [-0.1, -0.05) is 13.5 Å². The van der Waals surface area contributed by atoms with E-state index in [4.69, 9.17) is 14.6 Å². The summed E-state index contributed by atoms with van der Waals surface area (Å²) in [6.45, 7) is 2.41. The highest BCUT2D eigenvalue weighted by atomic mass is 16.6. The van der Waals surface area contributed by atoms with Crippen LogP contribution in [0.3, 0.4) is 0 Å². The van der Waals surface area contributed by atoms with E-state index >= 15 is 0 Å². The van der Waals surface area contributed by atoms with E-state index in [-0.39, 0.29) is 25.3 Å². The number of ether oxygens (including phenoxy) is 2. The summed E-state index contributed by atoms with van der Waals surface area (Å²) in [5, 5.41) is 8.66. The molecule has 0 aliphatic carbocycles. The minimum Gasteiger partial charge on any atom is -0.481 e. The van der Waals surface area contributed by atoms with Crippen molar-refractivity contribution in [2.45, 2.75) is 27.7 Å². The topological polar surface area (TPSA) is 89.9 Å². The first kappa shape index (κ1) is 16.6. The first-order valence-electron chi connectivity index (χ1n) is 5.10. The predicted octanol–water partition coefficient (Wildman–Crippen LogP) is 1.80. The van der Waals surface area contributed by atoms with Gasteiger partial charge in [0.25, 0.3) is 0 Å². The van der Waals surface area contributed by atoms with Crippen LogP contribution in [-0.2, 0) is 20.8 Å². The minimum atomic E-state index is -1.01. The molecule has 0 saturated heterocycles. The molecule has 0 fully saturated rings. The molecule has 0 radical (unpaired) electrons. The Hall–Kier alpha value is -2.37. The van der Waals surface area contributed by atoms with Gasteiger partial charge in [0.05, 0.1) is 6.42 Å². The maximum absolute atomic E-state index is 10.9. The van der Waals surface area contributed by atoms with E-state index in [2.05, 4.69) is 0 Å². The van der Waals surface area contributed by atoms with E-state index in [0.717, 1.165) is 0 Å². The highest BCUT2D eigenvalue weighted by molar-refractivity contribution is 5.75. The Balaban J connectivity index is 0.00000324. The summed E-state index contributed by atoms with van der Waals surface area (Å²) in [6.07, 6.45) is -0.214. The molecule has 0 aromatic heterocycles. The lowest BCUT2D eigenvalue weighted by molar-refractivity contribution is -0.136. The average molecular weight is 268 g/mol. The van der Waals surface area contributed by atoms with Crippen molar-refractivity contribution in [3.8, 4) is 11.5 Å².